The van der Waals surface area contributed by atoms with E-state index in [4.69, 9.17) is 9.47 Å². The summed E-state index contributed by atoms with van der Waals surface area (Å²) in [7, 11) is 0. The Morgan fingerprint density at radius 3 is 1.40 bits per heavy atom. The van der Waals surface area contributed by atoms with E-state index >= 15 is 0 Å². The fourth-order valence-electron chi connectivity index (χ4n) is 8.07. The van der Waals surface area contributed by atoms with Gasteiger partial charge in [-0.1, -0.05) is 219 Å². The van der Waals surface area contributed by atoms with E-state index in [0.717, 1.165) is 11.8 Å². The van der Waals surface area contributed by atoms with Gasteiger partial charge in [0.1, 0.15) is 6.79 Å². The van der Waals surface area contributed by atoms with Crippen molar-refractivity contribution in [2.75, 3.05) is 6.79 Å². The largest absolute Gasteiger partial charge is 0.352 e. The van der Waals surface area contributed by atoms with Crippen LogP contribution >= 0.6 is 0 Å². The van der Waals surface area contributed by atoms with Gasteiger partial charge in [0.05, 0.1) is 12.2 Å². The number of ether oxygens (including phenoxy) is 2. The van der Waals surface area contributed by atoms with Crippen LogP contribution in [-0.2, 0) is 9.47 Å². The summed E-state index contributed by atoms with van der Waals surface area (Å²) in [6.45, 7) is 5.11. The molecule has 1 saturated carbocycles. The van der Waals surface area contributed by atoms with Crippen LogP contribution in [0.5, 0.6) is 0 Å². The Morgan fingerprint density at radius 2 is 0.911 bits per heavy atom. The van der Waals surface area contributed by atoms with Crippen LogP contribution in [0.3, 0.4) is 0 Å². The standard InChI is InChI=1S/C43H82O2/c1-3-5-7-9-11-13-15-17-19-21-23-25-27-31-40-33-29-35-42(37-40)44-39-45-43-36-30-34-41(38-43)32-28-26-24-22-20-18-16-14-12-10-8-6-4-2/h29,35,40-43H,3-28,30-34,36-39H2,1-2H3. The van der Waals surface area contributed by atoms with E-state index in [-0.39, 0.29) is 6.10 Å². The van der Waals surface area contributed by atoms with E-state index in [1.165, 1.54) is 218 Å². The lowest BCUT2D eigenvalue weighted by Gasteiger charge is -2.30. The Kier molecular flexibility index (Phi) is 28.1. The number of hydrogen-bond donors (Lipinski definition) is 0. The molecule has 0 aromatic rings. The van der Waals surface area contributed by atoms with Crippen LogP contribution in [0.15, 0.2) is 12.2 Å². The molecule has 2 rings (SSSR count). The smallest absolute Gasteiger partial charge is 0.147 e. The van der Waals surface area contributed by atoms with Gasteiger partial charge in [0, 0.05) is 0 Å². The Labute approximate surface area is 284 Å². The number of unbranched alkanes of at least 4 members (excludes halogenated alkanes) is 24. The van der Waals surface area contributed by atoms with Crippen molar-refractivity contribution in [2.45, 2.75) is 244 Å². The Balaban J connectivity index is 1.37. The third kappa shape index (κ3) is 24.5. The molecule has 1 fully saturated rings. The average Bonchev–Trinajstić information content (AvgIpc) is 3.06. The highest BCUT2D eigenvalue weighted by Gasteiger charge is 2.23. The highest BCUT2D eigenvalue weighted by molar-refractivity contribution is 4.97. The van der Waals surface area contributed by atoms with E-state index in [2.05, 4.69) is 26.0 Å². The predicted octanol–water partition coefficient (Wildman–Crippen LogP) is 14.8. The second kappa shape index (κ2) is 31.0. The van der Waals surface area contributed by atoms with E-state index in [0.29, 0.717) is 12.9 Å². The third-order valence-corrected chi connectivity index (χ3v) is 11.1. The molecule has 0 aromatic carbocycles. The van der Waals surface area contributed by atoms with Gasteiger partial charge >= 0.3 is 0 Å². The summed E-state index contributed by atoms with van der Waals surface area (Å²) < 4.78 is 12.5. The molecule has 2 heteroatoms. The molecule has 0 amide bonds. The van der Waals surface area contributed by atoms with Gasteiger partial charge in [-0.15, -0.1) is 0 Å². The first-order chi connectivity index (χ1) is 22.3. The number of hydrogen-bond acceptors (Lipinski definition) is 2. The summed E-state index contributed by atoms with van der Waals surface area (Å²) in [4.78, 5) is 0. The summed E-state index contributed by atoms with van der Waals surface area (Å²) in [5.41, 5.74) is 0. The number of rotatable bonds is 32. The van der Waals surface area contributed by atoms with Crippen molar-refractivity contribution in [3.8, 4) is 0 Å². The molecule has 2 aliphatic rings. The van der Waals surface area contributed by atoms with E-state index < -0.39 is 0 Å². The van der Waals surface area contributed by atoms with Crippen LogP contribution in [-0.4, -0.2) is 19.0 Å². The van der Waals surface area contributed by atoms with Crippen LogP contribution in [0.4, 0.5) is 0 Å². The van der Waals surface area contributed by atoms with Crippen LogP contribution in [0.25, 0.3) is 0 Å². The van der Waals surface area contributed by atoms with Gasteiger partial charge in [-0.2, -0.15) is 0 Å². The summed E-state index contributed by atoms with van der Waals surface area (Å²) in [5, 5.41) is 0. The first-order valence-corrected chi connectivity index (χ1v) is 21.2. The lowest BCUT2D eigenvalue weighted by atomic mass is 9.84. The van der Waals surface area contributed by atoms with Crippen LogP contribution in [0.1, 0.15) is 232 Å². The molecule has 0 N–H and O–H groups in total. The summed E-state index contributed by atoms with van der Waals surface area (Å²) in [6, 6.07) is 0. The van der Waals surface area contributed by atoms with Crippen molar-refractivity contribution in [1.29, 1.82) is 0 Å². The predicted molar refractivity (Wildman–Crippen MR) is 199 cm³/mol. The maximum atomic E-state index is 6.30. The van der Waals surface area contributed by atoms with Crippen molar-refractivity contribution in [1.82, 2.24) is 0 Å². The second-order valence-corrected chi connectivity index (χ2v) is 15.5. The van der Waals surface area contributed by atoms with Gasteiger partial charge in [-0.25, -0.2) is 0 Å². The molecule has 0 aromatic heterocycles. The fraction of sp³-hybridized carbons (Fsp3) is 0.953. The van der Waals surface area contributed by atoms with E-state index in [1.54, 1.807) is 0 Å². The minimum atomic E-state index is 0.274. The molecule has 2 aliphatic carbocycles. The maximum absolute atomic E-state index is 6.30. The minimum absolute atomic E-state index is 0.274. The number of allylic oxidation sites excluding steroid dienone is 1. The Bertz CT molecular complexity index is 629. The lowest BCUT2D eigenvalue weighted by Crippen LogP contribution is -2.26. The zero-order chi connectivity index (χ0) is 31.9. The van der Waals surface area contributed by atoms with Gasteiger partial charge in [0.25, 0.3) is 0 Å². The van der Waals surface area contributed by atoms with E-state index in [9.17, 15) is 0 Å². The third-order valence-electron chi connectivity index (χ3n) is 11.1. The van der Waals surface area contributed by atoms with Crippen molar-refractivity contribution in [2.24, 2.45) is 11.8 Å². The molecule has 0 spiro atoms. The highest BCUT2D eigenvalue weighted by atomic mass is 16.7. The van der Waals surface area contributed by atoms with Crippen molar-refractivity contribution in [3.63, 3.8) is 0 Å². The van der Waals surface area contributed by atoms with Crippen LogP contribution < -0.4 is 0 Å². The Morgan fingerprint density at radius 1 is 0.467 bits per heavy atom. The monoisotopic (exact) mass is 631 g/mol. The summed E-state index contributed by atoms with van der Waals surface area (Å²) >= 11 is 0. The van der Waals surface area contributed by atoms with Crippen molar-refractivity contribution < 1.29 is 9.47 Å². The van der Waals surface area contributed by atoms with Gasteiger partial charge in [-0.3, -0.25) is 0 Å². The maximum Gasteiger partial charge on any atom is 0.147 e. The molecule has 0 heterocycles. The molecule has 2 nitrogen and oxygen atoms in total. The summed E-state index contributed by atoms with van der Waals surface area (Å²) in [5.74, 6) is 1.70. The zero-order valence-corrected chi connectivity index (χ0v) is 31.0. The fourth-order valence-corrected chi connectivity index (χ4v) is 8.07. The second-order valence-electron chi connectivity index (χ2n) is 15.5. The average molecular weight is 631 g/mol. The normalized spacial score (nSPS) is 21.9. The zero-order valence-electron chi connectivity index (χ0n) is 31.0. The molecule has 4 unspecified atom stereocenters. The molecular weight excluding hydrogens is 548 g/mol. The molecule has 4 atom stereocenters. The highest BCUT2D eigenvalue weighted by Crippen LogP contribution is 2.31. The first-order valence-electron chi connectivity index (χ1n) is 21.2. The SMILES string of the molecule is CCCCCCCCCCCCCCCC1CC=CC(OCOC2CCCC(CCCCCCCCCCCCCCC)C2)C1. The molecule has 266 valence electrons. The Hall–Kier alpha value is -0.340. The van der Waals surface area contributed by atoms with Crippen molar-refractivity contribution in [3.05, 3.63) is 12.2 Å². The summed E-state index contributed by atoms with van der Waals surface area (Å²) in [6.07, 6.45) is 53.5. The molecule has 0 bridgehead atoms. The molecule has 0 aliphatic heterocycles. The molecule has 45 heavy (non-hydrogen) atoms. The van der Waals surface area contributed by atoms with Crippen molar-refractivity contribution >= 4 is 0 Å². The van der Waals surface area contributed by atoms with Crippen LogP contribution in [0.2, 0.25) is 0 Å². The topological polar surface area (TPSA) is 18.5 Å². The van der Waals surface area contributed by atoms with Gasteiger partial charge in [0.2, 0.25) is 0 Å². The lowest BCUT2D eigenvalue weighted by molar-refractivity contribution is -0.123. The quantitative estimate of drug-likeness (QED) is 0.0418. The minimum Gasteiger partial charge on any atom is -0.352 e. The van der Waals surface area contributed by atoms with Gasteiger partial charge < -0.3 is 9.47 Å². The van der Waals surface area contributed by atoms with Gasteiger partial charge in [0.15, 0.2) is 0 Å². The van der Waals surface area contributed by atoms with Crippen LogP contribution in [0, 0.1) is 11.8 Å². The first kappa shape index (κ1) is 40.8. The van der Waals surface area contributed by atoms with E-state index in [1.807, 2.05) is 0 Å². The molecule has 0 saturated heterocycles. The molecule has 0 radical (unpaired) electrons. The van der Waals surface area contributed by atoms with Gasteiger partial charge in [-0.05, 0) is 37.5 Å². The molecular formula is C43H82O2.